The van der Waals surface area contributed by atoms with Crippen LogP contribution < -0.4 is 33.2 Å². The number of aliphatic carboxylic acids is 1. The highest BCUT2D eigenvalue weighted by Gasteiger charge is 2.30. The summed E-state index contributed by atoms with van der Waals surface area (Å²) < 4.78 is 0. The van der Waals surface area contributed by atoms with E-state index in [4.69, 9.17) is 17.2 Å². The Morgan fingerprint density at radius 2 is 1.53 bits per heavy atom. The number of carbonyl (C=O) groups is 5. The van der Waals surface area contributed by atoms with Gasteiger partial charge in [0.05, 0.1) is 6.04 Å². The highest BCUT2D eigenvalue weighted by Crippen LogP contribution is 2.19. The first-order valence-electron chi connectivity index (χ1n) is 12.5. The molecule has 208 valence electrons. The van der Waals surface area contributed by atoms with Crippen molar-refractivity contribution in [3.63, 3.8) is 0 Å². The van der Waals surface area contributed by atoms with Gasteiger partial charge in [0.25, 0.3) is 0 Å². The van der Waals surface area contributed by atoms with Crippen LogP contribution in [0.4, 0.5) is 0 Å². The van der Waals surface area contributed by atoms with E-state index < -0.39 is 53.8 Å². The summed E-state index contributed by atoms with van der Waals surface area (Å²) in [6, 6.07) is 2.87. The molecule has 1 aromatic carbocycles. The lowest BCUT2D eigenvalue weighted by atomic mass is 10.0. The van der Waals surface area contributed by atoms with Crippen LogP contribution in [0.2, 0.25) is 0 Å². The molecule has 1 aromatic heterocycles. The molecular formula is C25H37N7O6. The van der Waals surface area contributed by atoms with Crippen molar-refractivity contribution in [3.8, 4) is 0 Å². The number of nitrogens with one attached hydrogen (secondary N) is 4. The van der Waals surface area contributed by atoms with E-state index in [9.17, 15) is 29.1 Å². The molecule has 13 nitrogen and oxygen atoms in total. The number of carboxylic acid groups (broad SMARTS) is 1. The Kier molecular flexibility index (Phi) is 11.7. The lowest BCUT2D eigenvalue weighted by Gasteiger charge is -2.25. The van der Waals surface area contributed by atoms with Crippen LogP contribution in [0.5, 0.6) is 0 Å². The molecule has 0 fully saturated rings. The summed E-state index contributed by atoms with van der Waals surface area (Å²) >= 11 is 0. The third-order valence-electron chi connectivity index (χ3n) is 6.02. The van der Waals surface area contributed by atoms with Crippen molar-refractivity contribution in [2.45, 2.75) is 69.6 Å². The molecule has 2 aromatic rings. The van der Waals surface area contributed by atoms with Crippen LogP contribution in [-0.2, 0) is 30.4 Å². The second-order valence-corrected chi connectivity index (χ2v) is 9.16. The number of hydrogen-bond donors (Lipinski definition) is 8. The molecule has 4 atom stereocenters. The van der Waals surface area contributed by atoms with Gasteiger partial charge in [0.1, 0.15) is 18.1 Å². The number of unbranched alkanes of at least 4 members (excludes halogenated alkanes) is 1. The van der Waals surface area contributed by atoms with Crippen molar-refractivity contribution in [2.75, 3.05) is 6.54 Å². The summed E-state index contributed by atoms with van der Waals surface area (Å²) in [5, 5.41) is 18.1. The molecule has 0 saturated heterocycles. The van der Waals surface area contributed by atoms with E-state index in [-0.39, 0.29) is 25.7 Å². The number of aromatic nitrogens is 1. The fourth-order valence-corrected chi connectivity index (χ4v) is 3.89. The molecule has 0 radical (unpaired) electrons. The number of nitrogens with two attached hydrogens (primary N) is 3. The predicted molar refractivity (Wildman–Crippen MR) is 140 cm³/mol. The Morgan fingerprint density at radius 3 is 2.13 bits per heavy atom. The van der Waals surface area contributed by atoms with E-state index in [0.717, 1.165) is 10.9 Å². The first-order valence-corrected chi connectivity index (χ1v) is 12.5. The third-order valence-corrected chi connectivity index (χ3v) is 6.02. The van der Waals surface area contributed by atoms with Crippen LogP contribution in [0.25, 0.3) is 10.9 Å². The average Bonchev–Trinajstić information content (AvgIpc) is 3.27. The van der Waals surface area contributed by atoms with Gasteiger partial charge in [-0.25, -0.2) is 4.79 Å². The summed E-state index contributed by atoms with van der Waals surface area (Å²) in [7, 11) is 0. The van der Waals surface area contributed by atoms with E-state index in [1.807, 2.05) is 24.3 Å². The first-order chi connectivity index (χ1) is 18.0. The topological polar surface area (TPSA) is 236 Å². The number of fused-ring (bicyclic) bond motifs is 1. The molecule has 38 heavy (non-hydrogen) atoms. The summed E-state index contributed by atoms with van der Waals surface area (Å²) in [5.41, 5.74) is 17.9. The number of para-hydroxylation sites is 1. The van der Waals surface area contributed by atoms with Crippen LogP contribution in [-0.4, -0.2) is 70.4 Å². The summed E-state index contributed by atoms with van der Waals surface area (Å²) in [6.07, 6.45) is 2.63. The zero-order valence-corrected chi connectivity index (χ0v) is 21.4. The van der Waals surface area contributed by atoms with Crippen LogP contribution in [0.1, 0.15) is 44.6 Å². The molecule has 4 amide bonds. The number of amides is 4. The first kappa shape index (κ1) is 30.3. The Labute approximate surface area is 220 Å². The van der Waals surface area contributed by atoms with Gasteiger partial charge in [0.2, 0.25) is 23.6 Å². The quantitative estimate of drug-likeness (QED) is 0.125. The minimum atomic E-state index is -1.31. The van der Waals surface area contributed by atoms with Gasteiger partial charge in [-0.2, -0.15) is 0 Å². The van der Waals surface area contributed by atoms with Gasteiger partial charge in [0, 0.05) is 29.9 Å². The lowest BCUT2D eigenvalue weighted by Crippen LogP contribution is -2.57. The van der Waals surface area contributed by atoms with Gasteiger partial charge < -0.3 is 43.2 Å². The van der Waals surface area contributed by atoms with Crippen molar-refractivity contribution >= 4 is 40.5 Å². The number of carbonyl (C=O) groups excluding carboxylic acids is 4. The fourth-order valence-electron chi connectivity index (χ4n) is 3.89. The van der Waals surface area contributed by atoms with E-state index in [1.54, 1.807) is 6.20 Å². The van der Waals surface area contributed by atoms with Crippen molar-refractivity contribution in [3.05, 3.63) is 36.0 Å². The van der Waals surface area contributed by atoms with Gasteiger partial charge in [-0.15, -0.1) is 0 Å². The normalized spacial score (nSPS) is 14.2. The largest absolute Gasteiger partial charge is 0.480 e. The van der Waals surface area contributed by atoms with Crippen LogP contribution >= 0.6 is 0 Å². The highest BCUT2D eigenvalue weighted by molar-refractivity contribution is 5.94. The number of H-pyrrole nitrogens is 1. The number of benzene rings is 1. The van der Waals surface area contributed by atoms with Crippen LogP contribution in [0.15, 0.2) is 30.5 Å². The molecule has 2 rings (SSSR count). The highest BCUT2D eigenvalue weighted by atomic mass is 16.4. The zero-order valence-electron chi connectivity index (χ0n) is 21.4. The zero-order chi connectivity index (χ0) is 28.2. The van der Waals surface area contributed by atoms with Crippen molar-refractivity contribution in [1.29, 1.82) is 0 Å². The molecule has 0 aliphatic heterocycles. The molecule has 0 aliphatic carbocycles. The minimum Gasteiger partial charge on any atom is -0.480 e. The summed E-state index contributed by atoms with van der Waals surface area (Å²) in [5.74, 6) is -4.00. The van der Waals surface area contributed by atoms with Crippen molar-refractivity contribution < 1.29 is 29.1 Å². The molecule has 4 unspecified atom stereocenters. The monoisotopic (exact) mass is 531 g/mol. The predicted octanol–water partition coefficient (Wildman–Crippen LogP) is -1.01. The van der Waals surface area contributed by atoms with E-state index in [1.165, 1.54) is 6.92 Å². The van der Waals surface area contributed by atoms with E-state index in [2.05, 4.69) is 20.9 Å². The number of carboxylic acids is 1. The SMILES string of the molecule is CC(N)C(=O)NC(CCCCN)C(=O)NC(CCC(N)=O)C(=O)NC(Cc1c[nH]c2ccccc12)C(=O)O. The lowest BCUT2D eigenvalue weighted by molar-refractivity contribution is -0.142. The van der Waals surface area contributed by atoms with Gasteiger partial charge in [0.15, 0.2) is 0 Å². The molecule has 1 heterocycles. The molecule has 13 heteroatoms. The number of aromatic amines is 1. The van der Waals surface area contributed by atoms with Crippen molar-refractivity contribution in [2.24, 2.45) is 17.2 Å². The maximum atomic E-state index is 13.1. The molecule has 0 aliphatic rings. The van der Waals surface area contributed by atoms with Gasteiger partial charge in [-0.3, -0.25) is 19.2 Å². The summed E-state index contributed by atoms with van der Waals surface area (Å²) in [6.45, 7) is 1.86. The van der Waals surface area contributed by atoms with Crippen molar-refractivity contribution in [1.82, 2.24) is 20.9 Å². The number of hydrogen-bond acceptors (Lipinski definition) is 7. The van der Waals surface area contributed by atoms with E-state index >= 15 is 0 Å². The molecule has 11 N–H and O–H groups in total. The second-order valence-electron chi connectivity index (χ2n) is 9.16. The van der Waals surface area contributed by atoms with Gasteiger partial charge in [-0.05, 0) is 50.8 Å². The fraction of sp³-hybridized carbons (Fsp3) is 0.480. The Balaban J connectivity index is 2.19. The number of primary amides is 1. The van der Waals surface area contributed by atoms with Crippen LogP contribution in [0.3, 0.4) is 0 Å². The second kappa shape index (κ2) is 14.7. The average molecular weight is 532 g/mol. The van der Waals surface area contributed by atoms with E-state index in [0.29, 0.717) is 24.9 Å². The molecule has 0 saturated carbocycles. The third kappa shape index (κ3) is 9.16. The Bertz CT molecular complexity index is 1130. The molecule has 0 spiro atoms. The molecular weight excluding hydrogens is 494 g/mol. The Morgan fingerprint density at radius 1 is 0.921 bits per heavy atom. The minimum absolute atomic E-state index is 0.0201. The molecule has 0 bridgehead atoms. The smallest absolute Gasteiger partial charge is 0.326 e. The van der Waals surface area contributed by atoms with Crippen LogP contribution in [0, 0.1) is 0 Å². The number of rotatable bonds is 16. The summed E-state index contributed by atoms with van der Waals surface area (Å²) in [4.78, 5) is 64.8. The maximum Gasteiger partial charge on any atom is 0.326 e. The Hall–Kier alpha value is -3.97. The van der Waals surface area contributed by atoms with Gasteiger partial charge in [-0.1, -0.05) is 18.2 Å². The van der Waals surface area contributed by atoms with Gasteiger partial charge >= 0.3 is 5.97 Å². The maximum absolute atomic E-state index is 13.1. The standard InChI is InChI=1S/C25H37N7O6/c1-14(27)22(34)30-18(8-4-5-11-26)23(35)31-19(9-10-21(28)33)24(36)32-20(25(37)38)12-15-13-29-17-7-3-2-6-16(15)17/h2-3,6-7,13-14,18-20,29H,4-5,8-12,26-27H2,1H3,(H2,28,33)(H,30,34)(H,31,35)(H,32,36)(H,37,38).